The molecule has 0 aromatic rings. The topological polar surface area (TPSA) is 38.8 Å². The lowest BCUT2D eigenvalue weighted by Crippen LogP contribution is -2.25. The molecule has 0 spiro atoms. The van der Waals surface area contributed by atoms with Gasteiger partial charge in [-0.25, -0.2) is 4.79 Å². The van der Waals surface area contributed by atoms with Crippen molar-refractivity contribution in [2.45, 2.75) is 12.8 Å². The predicted molar refractivity (Wildman–Crippen MR) is 66.8 cm³/mol. The number of esters is 1. The fourth-order valence-corrected chi connectivity index (χ4v) is 1.70. The van der Waals surface area contributed by atoms with E-state index in [0.717, 1.165) is 19.6 Å². The minimum atomic E-state index is -0.367. The molecule has 4 heteroatoms. The smallest absolute Gasteiger partial charge is 0.335 e. The first-order chi connectivity index (χ1) is 8.24. The Morgan fingerprint density at radius 2 is 2.06 bits per heavy atom. The third-order valence-electron chi connectivity index (χ3n) is 2.64. The van der Waals surface area contributed by atoms with Gasteiger partial charge in [0, 0.05) is 6.54 Å². The summed E-state index contributed by atoms with van der Waals surface area (Å²) in [5.74, 6) is -0.367. The Morgan fingerprint density at radius 1 is 1.35 bits per heavy atom. The van der Waals surface area contributed by atoms with Crippen LogP contribution >= 0.6 is 0 Å². The number of ether oxygens (including phenoxy) is 2. The van der Waals surface area contributed by atoms with Crippen molar-refractivity contribution in [1.29, 1.82) is 0 Å². The Morgan fingerprint density at radius 3 is 2.71 bits per heavy atom. The molecule has 17 heavy (non-hydrogen) atoms. The molecule has 0 saturated carbocycles. The molecule has 1 saturated heterocycles. The molecule has 0 atom stereocenters. The standard InChI is InChI=1S/C13H21NO3/c1-3-9-16-11-12(2)13(15)17-10-8-14-6-4-5-7-14/h3H,1-2,4-11H2. The summed E-state index contributed by atoms with van der Waals surface area (Å²) in [5.41, 5.74) is 0.355. The van der Waals surface area contributed by atoms with Gasteiger partial charge in [0.05, 0.1) is 18.8 Å². The van der Waals surface area contributed by atoms with Crippen LogP contribution in [0.2, 0.25) is 0 Å². The van der Waals surface area contributed by atoms with E-state index in [2.05, 4.69) is 18.1 Å². The monoisotopic (exact) mass is 239 g/mol. The van der Waals surface area contributed by atoms with Crippen molar-refractivity contribution in [2.75, 3.05) is 39.5 Å². The molecule has 0 aromatic carbocycles. The highest BCUT2D eigenvalue weighted by Gasteiger charge is 2.13. The number of hydrogen-bond donors (Lipinski definition) is 0. The number of likely N-dealkylation sites (tertiary alicyclic amines) is 1. The summed E-state index contributed by atoms with van der Waals surface area (Å²) in [6.45, 7) is 11.2. The van der Waals surface area contributed by atoms with Crippen LogP contribution in [0.25, 0.3) is 0 Å². The Bertz CT molecular complexity index is 270. The molecule has 1 rings (SSSR count). The maximum atomic E-state index is 11.5. The van der Waals surface area contributed by atoms with Crippen LogP contribution in [0.3, 0.4) is 0 Å². The third kappa shape index (κ3) is 5.65. The highest BCUT2D eigenvalue weighted by atomic mass is 16.5. The summed E-state index contributed by atoms with van der Waals surface area (Å²) in [4.78, 5) is 13.8. The van der Waals surface area contributed by atoms with Gasteiger partial charge < -0.3 is 9.47 Å². The van der Waals surface area contributed by atoms with Gasteiger partial charge in [0.25, 0.3) is 0 Å². The summed E-state index contributed by atoms with van der Waals surface area (Å²) in [6.07, 6.45) is 4.12. The second kappa shape index (κ2) is 8.03. The number of carbonyl (C=O) groups is 1. The Balaban J connectivity index is 2.06. The summed E-state index contributed by atoms with van der Waals surface area (Å²) >= 11 is 0. The zero-order chi connectivity index (χ0) is 12.5. The number of carbonyl (C=O) groups excluding carboxylic acids is 1. The Labute approximate surface area is 103 Å². The summed E-state index contributed by atoms with van der Waals surface area (Å²) < 4.78 is 10.2. The maximum Gasteiger partial charge on any atom is 0.335 e. The van der Waals surface area contributed by atoms with Gasteiger partial charge in [0.15, 0.2) is 0 Å². The molecule has 96 valence electrons. The average Bonchev–Trinajstić information content (AvgIpc) is 2.82. The minimum absolute atomic E-state index is 0.203. The highest BCUT2D eigenvalue weighted by Crippen LogP contribution is 2.06. The van der Waals surface area contributed by atoms with Crippen LogP contribution in [0.1, 0.15) is 12.8 Å². The van der Waals surface area contributed by atoms with E-state index in [1.165, 1.54) is 12.8 Å². The van der Waals surface area contributed by atoms with Crippen LogP contribution in [0, 0.1) is 0 Å². The first-order valence-electron chi connectivity index (χ1n) is 6.00. The first-order valence-corrected chi connectivity index (χ1v) is 6.00. The Hall–Kier alpha value is -1.13. The average molecular weight is 239 g/mol. The molecule has 0 N–H and O–H groups in total. The van der Waals surface area contributed by atoms with Crippen molar-refractivity contribution < 1.29 is 14.3 Å². The molecule has 1 fully saturated rings. The fraction of sp³-hybridized carbons (Fsp3) is 0.615. The van der Waals surface area contributed by atoms with Gasteiger partial charge in [0.1, 0.15) is 6.61 Å². The predicted octanol–water partition coefficient (Wildman–Crippen LogP) is 1.38. The molecule has 1 aliphatic heterocycles. The van der Waals surface area contributed by atoms with Gasteiger partial charge in [-0.05, 0) is 25.9 Å². The van der Waals surface area contributed by atoms with E-state index >= 15 is 0 Å². The van der Waals surface area contributed by atoms with E-state index in [1.54, 1.807) is 6.08 Å². The number of rotatable bonds is 8. The van der Waals surface area contributed by atoms with Crippen molar-refractivity contribution in [3.63, 3.8) is 0 Å². The van der Waals surface area contributed by atoms with E-state index < -0.39 is 0 Å². The molecule has 0 amide bonds. The molecule has 0 bridgehead atoms. The second-order valence-electron chi connectivity index (χ2n) is 4.09. The molecule has 0 aliphatic carbocycles. The maximum absolute atomic E-state index is 11.5. The van der Waals surface area contributed by atoms with Gasteiger partial charge in [-0.2, -0.15) is 0 Å². The van der Waals surface area contributed by atoms with Crippen molar-refractivity contribution in [1.82, 2.24) is 4.90 Å². The van der Waals surface area contributed by atoms with E-state index in [4.69, 9.17) is 9.47 Å². The number of nitrogens with zero attached hydrogens (tertiary/aromatic N) is 1. The summed E-state index contributed by atoms with van der Waals surface area (Å²) in [7, 11) is 0. The second-order valence-corrected chi connectivity index (χ2v) is 4.09. The van der Waals surface area contributed by atoms with Gasteiger partial charge >= 0.3 is 5.97 Å². The molecule has 0 unspecified atom stereocenters. The van der Waals surface area contributed by atoms with E-state index in [-0.39, 0.29) is 12.6 Å². The fourth-order valence-electron chi connectivity index (χ4n) is 1.70. The first kappa shape index (κ1) is 13.9. The van der Waals surface area contributed by atoms with Gasteiger partial charge in [-0.15, -0.1) is 6.58 Å². The van der Waals surface area contributed by atoms with E-state index in [1.807, 2.05) is 0 Å². The van der Waals surface area contributed by atoms with Crippen LogP contribution in [-0.4, -0.2) is 50.3 Å². The van der Waals surface area contributed by atoms with Crippen LogP contribution in [0.4, 0.5) is 0 Å². The molecule has 0 radical (unpaired) electrons. The molecular formula is C13H21NO3. The highest BCUT2D eigenvalue weighted by molar-refractivity contribution is 5.87. The van der Waals surface area contributed by atoms with Crippen LogP contribution in [0.5, 0.6) is 0 Å². The normalized spacial score (nSPS) is 15.8. The van der Waals surface area contributed by atoms with Gasteiger partial charge in [-0.3, -0.25) is 4.90 Å². The van der Waals surface area contributed by atoms with Crippen molar-refractivity contribution >= 4 is 5.97 Å². The molecule has 4 nitrogen and oxygen atoms in total. The molecule has 1 heterocycles. The third-order valence-corrected chi connectivity index (χ3v) is 2.64. The largest absolute Gasteiger partial charge is 0.461 e. The Kier molecular flexibility index (Phi) is 6.58. The SMILES string of the molecule is C=CCOCC(=C)C(=O)OCCN1CCCC1. The van der Waals surface area contributed by atoms with Crippen molar-refractivity contribution in [3.05, 3.63) is 24.8 Å². The van der Waals surface area contributed by atoms with Crippen molar-refractivity contribution in [3.8, 4) is 0 Å². The van der Waals surface area contributed by atoms with Crippen LogP contribution in [-0.2, 0) is 14.3 Å². The quantitative estimate of drug-likeness (QED) is 0.278. The summed E-state index contributed by atoms with van der Waals surface area (Å²) in [6, 6.07) is 0. The lowest BCUT2D eigenvalue weighted by atomic mass is 10.3. The zero-order valence-electron chi connectivity index (χ0n) is 10.3. The molecular weight excluding hydrogens is 218 g/mol. The molecule has 1 aliphatic rings. The van der Waals surface area contributed by atoms with E-state index in [0.29, 0.717) is 18.8 Å². The lowest BCUT2D eigenvalue weighted by Gasteiger charge is -2.14. The lowest BCUT2D eigenvalue weighted by molar-refractivity contribution is -0.140. The van der Waals surface area contributed by atoms with Crippen molar-refractivity contribution in [2.24, 2.45) is 0 Å². The van der Waals surface area contributed by atoms with Gasteiger partial charge in [0.2, 0.25) is 0 Å². The molecule has 0 aromatic heterocycles. The van der Waals surface area contributed by atoms with Crippen LogP contribution in [0.15, 0.2) is 24.8 Å². The zero-order valence-corrected chi connectivity index (χ0v) is 10.3. The minimum Gasteiger partial charge on any atom is -0.461 e. The van der Waals surface area contributed by atoms with Gasteiger partial charge in [-0.1, -0.05) is 12.7 Å². The summed E-state index contributed by atoms with van der Waals surface area (Å²) in [5, 5.41) is 0. The van der Waals surface area contributed by atoms with Crippen LogP contribution < -0.4 is 0 Å². The van der Waals surface area contributed by atoms with E-state index in [9.17, 15) is 4.79 Å². The number of hydrogen-bond acceptors (Lipinski definition) is 4.